The van der Waals surface area contributed by atoms with Gasteiger partial charge in [-0.15, -0.1) is 0 Å². The van der Waals surface area contributed by atoms with Crippen molar-refractivity contribution in [3.8, 4) is 5.75 Å². The highest BCUT2D eigenvalue weighted by molar-refractivity contribution is 5.61. The topological polar surface area (TPSA) is 46.0 Å². The van der Waals surface area contributed by atoms with Crippen molar-refractivity contribution in [1.29, 1.82) is 0 Å². The molecule has 0 saturated carbocycles. The third-order valence-corrected chi connectivity index (χ3v) is 3.28. The Morgan fingerprint density at radius 1 is 0.652 bits per heavy atom. The average Bonchev–Trinajstić information content (AvgIpc) is 2.62. The van der Waals surface area contributed by atoms with Crippen LogP contribution in [0.3, 0.4) is 0 Å². The summed E-state index contributed by atoms with van der Waals surface area (Å²) in [7, 11) is 1.64. The van der Waals surface area contributed by atoms with E-state index < -0.39 is 0 Å². The summed E-state index contributed by atoms with van der Waals surface area (Å²) in [6, 6.07) is 25.3. The number of nitrogens with zero attached hydrogens (tertiary/aromatic N) is 2. The number of hydrogen-bond donors (Lipinski definition) is 1. The predicted molar refractivity (Wildman–Crippen MR) is 93.3 cm³/mol. The molecule has 0 aliphatic carbocycles. The van der Waals surface area contributed by atoms with Crippen LogP contribution in [0.2, 0.25) is 0 Å². The molecule has 23 heavy (non-hydrogen) atoms. The van der Waals surface area contributed by atoms with Crippen LogP contribution in [0.1, 0.15) is 0 Å². The van der Waals surface area contributed by atoms with Gasteiger partial charge in [-0.25, -0.2) is 0 Å². The monoisotopic (exact) mass is 303 g/mol. The molecule has 3 rings (SSSR count). The van der Waals surface area contributed by atoms with Gasteiger partial charge in [0.25, 0.3) is 0 Å². The summed E-state index contributed by atoms with van der Waals surface area (Å²) in [4.78, 5) is 0. The van der Waals surface area contributed by atoms with Crippen molar-refractivity contribution in [2.24, 2.45) is 10.2 Å². The number of azo groups is 1. The molecule has 4 nitrogen and oxygen atoms in total. The highest BCUT2D eigenvalue weighted by atomic mass is 16.5. The molecule has 3 aromatic carbocycles. The van der Waals surface area contributed by atoms with E-state index in [0.717, 1.165) is 28.5 Å². The molecule has 0 aliphatic rings. The van der Waals surface area contributed by atoms with Crippen molar-refractivity contribution in [3.05, 3.63) is 78.9 Å². The van der Waals surface area contributed by atoms with Crippen LogP contribution in [-0.2, 0) is 0 Å². The molecule has 3 aromatic rings. The van der Waals surface area contributed by atoms with Gasteiger partial charge in [0, 0.05) is 11.4 Å². The average molecular weight is 303 g/mol. The van der Waals surface area contributed by atoms with E-state index in [1.165, 1.54) is 0 Å². The molecule has 0 heterocycles. The maximum absolute atomic E-state index is 5.11. The van der Waals surface area contributed by atoms with Gasteiger partial charge in [0.15, 0.2) is 0 Å². The van der Waals surface area contributed by atoms with Gasteiger partial charge in [-0.1, -0.05) is 18.2 Å². The molecule has 0 fully saturated rings. The van der Waals surface area contributed by atoms with Crippen LogP contribution in [0.5, 0.6) is 5.75 Å². The van der Waals surface area contributed by atoms with Crippen LogP contribution in [0.25, 0.3) is 0 Å². The summed E-state index contributed by atoms with van der Waals surface area (Å²) in [5.41, 5.74) is 3.66. The van der Waals surface area contributed by atoms with Gasteiger partial charge < -0.3 is 10.1 Å². The second-order valence-electron chi connectivity index (χ2n) is 4.94. The van der Waals surface area contributed by atoms with E-state index in [2.05, 4.69) is 15.5 Å². The summed E-state index contributed by atoms with van der Waals surface area (Å²) in [5.74, 6) is 0.806. The molecule has 0 spiro atoms. The molecule has 0 saturated heterocycles. The van der Waals surface area contributed by atoms with Gasteiger partial charge in [0.1, 0.15) is 5.75 Å². The first-order chi connectivity index (χ1) is 11.3. The SMILES string of the molecule is COc1ccc(N=Nc2ccc(Nc3ccccc3)cc2)cc1. The fourth-order valence-corrected chi connectivity index (χ4v) is 2.06. The number of ether oxygens (including phenoxy) is 1. The van der Waals surface area contributed by atoms with Crippen molar-refractivity contribution >= 4 is 22.7 Å². The first kappa shape index (κ1) is 14.8. The summed E-state index contributed by atoms with van der Waals surface area (Å²) < 4.78 is 5.11. The molecule has 1 N–H and O–H groups in total. The first-order valence-electron chi connectivity index (χ1n) is 7.31. The van der Waals surface area contributed by atoms with Crippen molar-refractivity contribution in [3.63, 3.8) is 0 Å². The van der Waals surface area contributed by atoms with Crippen molar-refractivity contribution in [2.45, 2.75) is 0 Å². The lowest BCUT2D eigenvalue weighted by molar-refractivity contribution is 0.415. The molecule has 0 atom stereocenters. The molecule has 0 aliphatic heterocycles. The van der Waals surface area contributed by atoms with E-state index in [4.69, 9.17) is 4.74 Å². The maximum atomic E-state index is 5.11. The number of hydrogen-bond acceptors (Lipinski definition) is 4. The zero-order valence-electron chi connectivity index (χ0n) is 12.8. The normalized spacial score (nSPS) is 10.7. The number of methoxy groups -OCH3 is 1. The third-order valence-electron chi connectivity index (χ3n) is 3.28. The van der Waals surface area contributed by atoms with E-state index >= 15 is 0 Å². The second-order valence-corrected chi connectivity index (χ2v) is 4.94. The Morgan fingerprint density at radius 2 is 1.17 bits per heavy atom. The van der Waals surface area contributed by atoms with Crippen LogP contribution in [0.15, 0.2) is 89.1 Å². The molecule has 0 aromatic heterocycles. The summed E-state index contributed by atoms with van der Waals surface area (Å²) in [5, 5.41) is 11.8. The van der Waals surface area contributed by atoms with Gasteiger partial charge in [0.05, 0.1) is 18.5 Å². The van der Waals surface area contributed by atoms with E-state index in [-0.39, 0.29) is 0 Å². The Morgan fingerprint density at radius 3 is 1.74 bits per heavy atom. The molecular formula is C19H17N3O. The van der Waals surface area contributed by atoms with Crippen molar-refractivity contribution < 1.29 is 4.74 Å². The van der Waals surface area contributed by atoms with E-state index in [1.54, 1.807) is 7.11 Å². The minimum absolute atomic E-state index is 0.789. The summed E-state index contributed by atoms with van der Waals surface area (Å²) in [6.07, 6.45) is 0. The fourth-order valence-electron chi connectivity index (χ4n) is 2.06. The number of benzene rings is 3. The fraction of sp³-hybridized carbons (Fsp3) is 0.0526. The minimum Gasteiger partial charge on any atom is -0.497 e. The smallest absolute Gasteiger partial charge is 0.119 e. The summed E-state index contributed by atoms with van der Waals surface area (Å²) >= 11 is 0. The van der Waals surface area contributed by atoms with Gasteiger partial charge in [-0.3, -0.25) is 0 Å². The zero-order chi connectivity index (χ0) is 15.9. The third kappa shape index (κ3) is 4.17. The first-order valence-corrected chi connectivity index (χ1v) is 7.31. The van der Waals surface area contributed by atoms with Crippen molar-refractivity contribution in [2.75, 3.05) is 12.4 Å². The van der Waals surface area contributed by atoms with Gasteiger partial charge in [-0.05, 0) is 60.7 Å². The lowest BCUT2D eigenvalue weighted by Gasteiger charge is -2.05. The van der Waals surface area contributed by atoms with Crippen LogP contribution in [-0.4, -0.2) is 7.11 Å². The van der Waals surface area contributed by atoms with Crippen molar-refractivity contribution in [1.82, 2.24) is 0 Å². The van der Waals surface area contributed by atoms with Crippen LogP contribution in [0.4, 0.5) is 22.7 Å². The number of anilines is 2. The molecule has 0 radical (unpaired) electrons. The Balaban J connectivity index is 1.65. The minimum atomic E-state index is 0.789. The van der Waals surface area contributed by atoms with Crippen LogP contribution < -0.4 is 10.1 Å². The number of para-hydroxylation sites is 1. The van der Waals surface area contributed by atoms with Gasteiger partial charge in [0.2, 0.25) is 0 Å². The van der Waals surface area contributed by atoms with Crippen LogP contribution in [0, 0.1) is 0 Å². The van der Waals surface area contributed by atoms with Crippen LogP contribution >= 0.6 is 0 Å². The van der Waals surface area contributed by atoms with E-state index in [0.29, 0.717) is 0 Å². The Labute approximate surface area is 135 Å². The van der Waals surface area contributed by atoms with E-state index in [9.17, 15) is 0 Å². The molecule has 0 unspecified atom stereocenters. The Hall–Kier alpha value is -3.14. The maximum Gasteiger partial charge on any atom is 0.119 e. The molecule has 0 amide bonds. The lowest BCUT2D eigenvalue weighted by Crippen LogP contribution is -1.88. The Kier molecular flexibility index (Phi) is 4.64. The largest absolute Gasteiger partial charge is 0.497 e. The highest BCUT2D eigenvalue weighted by Crippen LogP contribution is 2.23. The standard InChI is InChI=1S/C19H17N3O/c1-23-19-13-11-18(12-14-19)22-21-17-9-7-16(8-10-17)20-15-5-3-2-4-6-15/h2-14,20H,1H3. The number of nitrogens with one attached hydrogen (secondary N) is 1. The summed E-state index contributed by atoms with van der Waals surface area (Å²) in [6.45, 7) is 0. The molecular weight excluding hydrogens is 286 g/mol. The van der Waals surface area contributed by atoms with Gasteiger partial charge >= 0.3 is 0 Å². The Bertz CT molecular complexity index is 766. The molecule has 114 valence electrons. The highest BCUT2D eigenvalue weighted by Gasteiger charge is 1.96. The predicted octanol–water partition coefficient (Wildman–Crippen LogP) is 5.85. The molecule has 0 bridgehead atoms. The zero-order valence-corrected chi connectivity index (χ0v) is 12.8. The second kappa shape index (κ2) is 7.22. The quantitative estimate of drug-likeness (QED) is 0.600. The van der Waals surface area contributed by atoms with Gasteiger partial charge in [-0.2, -0.15) is 10.2 Å². The van der Waals surface area contributed by atoms with E-state index in [1.807, 2.05) is 78.9 Å². The molecule has 4 heteroatoms. The lowest BCUT2D eigenvalue weighted by atomic mass is 10.2. The number of rotatable bonds is 5.